The summed E-state index contributed by atoms with van der Waals surface area (Å²) < 4.78 is 26.9. The van der Waals surface area contributed by atoms with Crippen LogP contribution in [0.5, 0.6) is 0 Å². The van der Waals surface area contributed by atoms with Gasteiger partial charge in [0.2, 0.25) is 10.0 Å². The van der Waals surface area contributed by atoms with E-state index >= 15 is 0 Å². The number of rotatable bonds is 5. The molecular formula is C14H17N3O2S. The number of nitrogens with one attached hydrogen (secondary N) is 1. The van der Waals surface area contributed by atoms with Gasteiger partial charge in [-0.1, -0.05) is 24.3 Å². The quantitative estimate of drug-likeness (QED) is 0.879. The van der Waals surface area contributed by atoms with Crippen molar-refractivity contribution in [2.45, 2.75) is 19.2 Å². The Kier molecular flexibility index (Phi) is 4.36. The standard InChI is InChI=1S/C14H17N3O2S/c1-11-14(6-3-7-16-11)17-20(18,19)10-13-5-2-4-12(8-13)9-15/h2-8,17H,9-10,15H2,1H3. The Labute approximate surface area is 118 Å². The predicted octanol–water partition coefficient (Wildman–Crippen LogP) is 1.79. The zero-order valence-corrected chi connectivity index (χ0v) is 12.0. The summed E-state index contributed by atoms with van der Waals surface area (Å²) in [6.07, 6.45) is 1.62. The Hall–Kier alpha value is -1.92. The van der Waals surface area contributed by atoms with Crippen molar-refractivity contribution in [1.29, 1.82) is 0 Å². The minimum absolute atomic E-state index is 0.0881. The number of aromatic nitrogens is 1. The number of aryl methyl sites for hydroxylation is 1. The van der Waals surface area contributed by atoms with Crippen LogP contribution in [0.15, 0.2) is 42.6 Å². The van der Waals surface area contributed by atoms with E-state index in [0.717, 1.165) is 5.56 Å². The molecule has 0 amide bonds. The van der Waals surface area contributed by atoms with E-state index in [2.05, 4.69) is 9.71 Å². The molecule has 0 saturated carbocycles. The van der Waals surface area contributed by atoms with Crippen LogP contribution in [0.3, 0.4) is 0 Å². The van der Waals surface area contributed by atoms with Crippen LogP contribution < -0.4 is 10.5 Å². The summed E-state index contributed by atoms with van der Waals surface area (Å²) in [5.41, 5.74) is 8.32. The number of anilines is 1. The molecule has 1 heterocycles. The van der Waals surface area contributed by atoms with Crippen molar-refractivity contribution >= 4 is 15.7 Å². The van der Waals surface area contributed by atoms with Crippen LogP contribution in [0.4, 0.5) is 5.69 Å². The van der Waals surface area contributed by atoms with E-state index in [9.17, 15) is 8.42 Å². The Morgan fingerprint density at radius 1 is 1.20 bits per heavy atom. The molecule has 2 rings (SSSR count). The van der Waals surface area contributed by atoms with E-state index in [1.54, 1.807) is 37.4 Å². The van der Waals surface area contributed by atoms with Gasteiger partial charge in [-0.15, -0.1) is 0 Å². The van der Waals surface area contributed by atoms with Crippen LogP contribution in [0.2, 0.25) is 0 Å². The molecule has 0 atom stereocenters. The van der Waals surface area contributed by atoms with E-state index < -0.39 is 10.0 Å². The monoisotopic (exact) mass is 291 g/mol. The van der Waals surface area contributed by atoms with Gasteiger partial charge in [0.15, 0.2) is 0 Å². The van der Waals surface area contributed by atoms with Gasteiger partial charge >= 0.3 is 0 Å². The summed E-state index contributed by atoms with van der Waals surface area (Å²) >= 11 is 0. The molecule has 5 nitrogen and oxygen atoms in total. The SMILES string of the molecule is Cc1ncccc1NS(=O)(=O)Cc1cccc(CN)c1. The number of sulfonamides is 1. The molecule has 6 heteroatoms. The highest BCUT2D eigenvalue weighted by molar-refractivity contribution is 7.91. The third kappa shape index (κ3) is 3.79. The maximum Gasteiger partial charge on any atom is 0.236 e. The summed E-state index contributed by atoms with van der Waals surface area (Å²) in [6.45, 7) is 2.15. The summed E-state index contributed by atoms with van der Waals surface area (Å²) in [5.74, 6) is -0.0881. The van der Waals surface area contributed by atoms with Crippen molar-refractivity contribution in [3.8, 4) is 0 Å². The summed E-state index contributed by atoms with van der Waals surface area (Å²) in [7, 11) is -3.47. The highest BCUT2D eigenvalue weighted by Gasteiger charge is 2.13. The first-order chi connectivity index (χ1) is 9.50. The summed E-state index contributed by atoms with van der Waals surface area (Å²) in [4.78, 5) is 4.05. The number of nitrogens with zero attached hydrogens (tertiary/aromatic N) is 1. The first-order valence-corrected chi connectivity index (χ1v) is 7.85. The number of nitrogens with two attached hydrogens (primary N) is 1. The molecule has 0 bridgehead atoms. The molecule has 3 N–H and O–H groups in total. The molecule has 0 aliphatic heterocycles. The predicted molar refractivity (Wildman–Crippen MR) is 79.6 cm³/mol. The molecule has 0 aliphatic carbocycles. The Morgan fingerprint density at radius 3 is 2.65 bits per heavy atom. The molecule has 0 fully saturated rings. The highest BCUT2D eigenvalue weighted by atomic mass is 32.2. The summed E-state index contributed by atoms with van der Waals surface area (Å²) in [5, 5.41) is 0. The van der Waals surface area contributed by atoms with Crippen molar-refractivity contribution < 1.29 is 8.42 Å². The van der Waals surface area contributed by atoms with Gasteiger partial charge in [0.25, 0.3) is 0 Å². The number of pyridine rings is 1. The normalized spacial score (nSPS) is 11.3. The minimum atomic E-state index is -3.47. The largest absolute Gasteiger partial charge is 0.326 e. The fourth-order valence-electron chi connectivity index (χ4n) is 1.86. The van der Waals surface area contributed by atoms with Crippen LogP contribution in [0, 0.1) is 6.92 Å². The molecule has 1 aromatic carbocycles. The first-order valence-electron chi connectivity index (χ1n) is 6.20. The van der Waals surface area contributed by atoms with Crippen LogP contribution in [0.25, 0.3) is 0 Å². The number of hydrogen-bond donors (Lipinski definition) is 2. The van der Waals surface area contributed by atoms with Crippen molar-refractivity contribution in [1.82, 2.24) is 4.98 Å². The molecule has 0 radical (unpaired) electrons. The zero-order valence-electron chi connectivity index (χ0n) is 11.2. The first kappa shape index (κ1) is 14.5. The molecular weight excluding hydrogens is 274 g/mol. The van der Waals surface area contributed by atoms with Crippen molar-refractivity contribution in [2.24, 2.45) is 5.73 Å². The van der Waals surface area contributed by atoms with E-state index in [1.165, 1.54) is 0 Å². The van der Waals surface area contributed by atoms with Crippen LogP contribution in [0.1, 0.15) is 16.8 Å². The lowest BCUT2D eigenvalue weighted by Gasteiger charge is -2.10. The lowest BCUT2D eigenvalue weighted by atomic mass is 10.1. The average molecular weight is 291 g/mol. The van der Waals surface area contributed by atoms with E-state index in [1.807, 2.05) is 12.1 Å². The smallest absolute Gasteiger partial charge is 0.236 e. The second-order valence-corrected chi connectivity index (χ2v) is 6.24. The van der Waals surface area contributed by atoms with Gasteiger partial charge < -0.3 is 5.73 Å². The number of hydrogen-bond acceptors (Lipinski definition) is 4. The van der Waals surface area contributed by atoms with Crippen molar-refractivity contribution in [2.75, 3.05) is 4.72 Å². The molecule has 2 aromatic rings. The lowest BCUT2D eigenvalue weighted by Crippen LogP contribution is -2.16. The van der Waals surface area contributed by atoms with Crippen LogP contribution in [-0.2, 0) is 22.3 Å². The van der Waals surface area contributed by atoms with Gasteiger partial charge in [0.1, 0.15) is 0 Å². The molecule has 0 spiro atoms. The van der Waals surface area contributed by atoms with Gasteiger partial charge in [0, 0.05) is 12.7 Å². The summed E-state index contributed by atoms with van der Waals surface area (Å²) in [6, 6.07) is 10.6. The van der Waals surface area contributed by atoms with Gasteiger partial charge in [-0.3, -0.25) is 9.71 Å². The van der Waals surface area contributed by atoms with Gasteiger partial charge in [0.05, 0.1) is 17.1 Å². The van der Waals surface area contributed by atoms with Gasteiger partial charge in [-0.05, 0) is 30.2 Å². The molecule has 0 saturated heterocycles. The second-order valence-electron chi connectivity index (χ2n) is 4.52. The van der Waals surface area contributed by atoms with Gasteiger partial charge in [-0.25, -0.2) is 8.42 Å². The Bertz CT molecular complexity index is 699. The fourth-order valence-corrected chi connectivity index (χ4v) is 3.10. The molecule has 1 aromatic heterocycles. The topological polar surface area (TPSA) is 85.1 Å². The zero-order chi connectivity index (χ0) is 14.6. The molecule has 20 heavy (non-hydrogen) atoms. The van der Waals surface area contributed by atoms with Crippen LogP contribution >= 0.6 is 0 Å². The van der Waals surface area contributed by atoms with Crippen molar-refractivity contribution in [3.05, 3.63) is 59.4 Å². The van der Waals surface area contributed by atoms with E-state index in [-0.39, 0.29) is 5.75 Å². The Morgan fingerprint density at radius 2 is 1.95 bits per heavy atom. The molecule has 0 aliphatic rings. The molecule has 106 valence electrons. The van der Waals surface area contributed by atoms with Crippen LogP contribution in [-0.4, -0.2) is 13.4 Å². The molecule has 0 unspecified atom stereocenters. The van der Waals surface area contributed by atoms with Crippen molar-refractivity contribution in [3.63, 3.8) is 0 Å². The lowest BCUT2D eigenvalue weighted by molar-refractivity contribution is 0.600. The fraction of sp³-hybridized carbons (Fsp3) is 0.214. The third-order valence-electron chi connectivity index (χ3n) is 2.86. The maximum atomic E-state index is 12.2. The highest BCUT2D eigenvalue weighted by Crippen LogP contribution is 2.15. The van der Waals surface area contributed by atoms with E-state index in [4.69, 9.17) is 5.73 Å². The average Bonchev–Trinajstić information content (AvgIpc) is 2.41. The minimum Gasteiger partial charge on any atom is -0.326 e. The second kappa shape index (κ2) is 6.02. The Balaban J connectivity index is 2.17. The maximum absolute atomic E-state index is 12.2. The van der Waals surface area contributed by atoms with E-state index in [0.29, 0.717) is 23.5 Å². The third-order valence-corrected chi connectivity index (χ3v) is 4.10. The van der Waals surface area contributed by atoms with Gasteiger partial charge in [-0.2, -0.15) is 0 Å². The number of benzene rings is 1.